The molecule has 3 heterocycles. The molecule has 0 aliphatic carbocycles. The average Bonchev–Trinajstić information content (AvgIpc) is 3.28. The number of aromatic nitrogens is 1. The van der Waals surface area contributed by atoms with Crippen molar-refractivity contribution in [3.63, 3.8) is 0 Å². The molecule has 4 heteroatoms. The van der Waals surface area contributed by atoms with Gasteiger partial charge in [-0.05, 0) is 57.0 Å². The van der Waals surface area contributed by atoms with E-state index >= 15 is 0 Å². The molecule has 4 nitrogen and oxygen atoms in total. The highest BCUT2D eigenvalue weighted by atomic mass is 16.5. The zero-order valence-electron chi connectivity index (χ0n) is 14.1. The van der Waals surface area contributed by atoms with Gasteiger partial charge in [-0.1, -0.05) is 6.07 Å². The number of aromatic amines is 1. The molecule has 0 spiro atoms. The van der Waals surface area contributed by atoms with Gasteiger partial charge in [-0.3, -0.25) is 0 Å². The second-order valence-electron chi connectivity index (χ2n) is 6.94. The summed E-state index contributed by atoms with van der Waals surface area (Å²) in [5.41, 5.74) is 4.02. The van der Waals surface area contributed by atoms with Crippen molar-refractivity contribution in [2.24, 2.45) is 0 Å². The Labute approximate surface area is 137 Å². The molecule has 0 saturated carbocycles. The average molecular weight is 314 g/mol. The molecular formula is C19H26N2O2. The molecule has 23 heavy (non-hydrogen) atoms. The van der Waals surface area contributed by atoms with Crippen molar-refractivity contribution in [2.75, 3.05) is 33.9 Å². The lowest BCUT2D eigenvalue weighted by Gasteiger charge is -2.21. The van der Waals surface area contributed by atoms with Crippen LogP contribution in [0.5, 0.6) is 5.75 Å². The van der Waals surface area contributed by atoms with Crippen LogP contribution in [0.15, 0.2) is 18.2 Å². The van der Waals surface area contributed by atoms with E-state index in [4.69, 9.17) is 9.47 Å². The van der Waals surface area contributed by atoms with Crippen molar-refractivity contribution in [1.82, 2.24) is 9.88 Å². The Morgan fingerprint density at radius 3 is 2.96 bits per heavy atom. The first kappa shape index (κ1) is 15.0. The third kappa shape index (κ3) is 2.64. The quantitative estimate of drug-likeness (QED) is 0.941. The number of nitrogens with zero attached hydrogens (tertiary/aromatic N) is 1. The SMILES string of the molecule is COc1cccc2[nH]c([C@H]3CCOC3)c(C[C@H]3CCCN3C)c12. The number of ether oxygens (including phenoxy) is 2. The maximum absolute atomic E-state index is 5.67. The molecule has 2 aliphatic heterocycles. The predicted molar refractivity (Wildman–Crippen MR) is 92.4 cm³/mol. The summed E-state index contributed by atoms with van der Waals surface area (Å²) in [6.45, 7) is 2.93. The van der Waals surface area contributed by atoms with Gasteiger partial charge in [0.2, 0.25) is 0 Å². The van der Waals surface area contributed by atoms with E-state index in [0.29, 0.717) is 12.0 Å². The second kappa shape index (κ2) is 6.17. The molecule has 1 aromatic heterocycles. The number of hydrogen-bond donors (Lipinski definition) is 1. The summed E-state index contributed by atoms with van der Waals surface area (Å²) >= 11 is 0. The van der Waals surface area contributed by atoms with Crippen molar-refractivity contribution >= 4 is 10.9 Å². The lowest BCUT2D eigenvalue weighted by atomic mass is 9.94. The molecule has 0 unspecified atom stereocenters. The van der Waals surface area contributed by atoms with Gasteiger partial charge in [0.1, 0.15) is 5.75 Å². The molecule has 1 N–H and O–H groups in total. The highest BCUT2D eigenvalue weighted by Crippen LogP contribution is 2.38. The molecule has 0 amide bonds. The fraction of sp³-hybridized carbons (Fsp3) is 0.579. The molecule has 2 saturated heterocycles. The fourth-order valence-electron chi connectivity index (χ4n) is 4.27. The normalized spacial score (nSPS) is 25.5. The summed E-state index contributed by atoms with van der Waals surface area (Å²) in [6, 6.07) is 6.95. The summed E-state index contributed by atoms with van der Waals surface area (Å²) in [7, 11) is 4.02. The van der Waals surface area contributed by atoms with Gasteiger partial charge in [0.05, 0.1) is 13.7 Å². The van der Waals surface area contributed by atoms with Crippen molar-refractivity contribution in [3.05, 3.63) is 29.5 Å². The zero-order chi connectivity index (χ0) is 15.8. The van der Waals surface area contributed by atoms with Gasteiger partial charge in [-0.2, -0.15) is 0 Å². The monoisotopic (exact) mass is 314 g/mol. The molecule has 124 valence electrons. The number of likely N-dealkylation sites (tertiary alicyclic amines) is 1. The van der Waals surface area contributed by atoms with Gasteiger partial charge in [0, 0.05) is 35.2 Å². The number of H-pyrrole nitrogens is 1. The third-order valence-electron chi connectivity index (χ3n) is 5.59. The van der Waals surface area contributed by atoms with E-state index in [0.717, 1.165) is 31.8 Å². The third-order valence-corrected chi connectivity index (χ3v) is 5.59. The summed E-state index contributed by atoms with van der Waals surface area (Å²) in [4.78, 5) is 6.19. The molecule has 2 fully saturated rings. The summed E-state index contributed by atoms with van der Waals surface area (Å²) in [5.74, 6) is 1.48. The Morgan fingerprint density at radius 1 is 1.35 bits per heavy atom. The number of nitrogens with one attached hydrogen (secondary N) is 1. The van der Waals surface area contributed by atoms with Gasteiger partial charge < -0.3 is 19.4 Å². The number of benzene rings is 1. The molecule has 0 bridgehead atoms. The number of fused-ring (bicyclic) bond motifs is 1. The maximum Gasteiger partial charge on any atom is 0.128 e. The predicted octanol–water partition coefficient (Wildman–Crippen LogP) is 3.32. The second-order valence-corrected chi connectivity index (χ2v) is 6.94. The van der Waals surface area contributed by atoms with Crippen LogP contribution in [-0.2, 0) is 11.2 Å². The van der Waals surface area contributed by atoms with Gasteiger partial charge in [0.15, 0.2) is 0 Å². The lowest BCUT2D eigenvalue weighted by Crippen LogP contribution is -2.27. The Balaban J connectivity index is 1.81. The molecule has 4 rings (SSSR count). The molecule has 2 atom stereocenters. The summed E-state index contributed by atoms with van der Waals surface area (Å²) < 4.78 is 11.3. The van der Waals surface area contributed by atoms with Gasteiger partial charge in [-0.25, -0.2) is 0 Å². The number of rotatable bonds is 4. The topological polar surface area (TPSA) is 37.5 Å². The van der Waals surface area contributed by atoms with Crippen molar-refractivity contribution in [3.8, 4) is 5.75 Å². The van der Waals surface area contributed by atoms with Crippen LogP contribution in [0.2, 0.25) is 0 Å². The number of likely N-dealkylation sites (N-methyl/N-ethyl adjacent to an activating group) is 1. The van der Waals surface area contributed by atoms with E-state index < -0.39 is 0 Å². The Kier molecular flexibility index (Phi) is 4.04. The van der Waals surface area contributed by atoms with Crippen LogP contribution in [0.4, 0.5) is 0 Å². The van der Waals surface area contributed by atoms with Crippen LogP contribution >= 0.6 is 0 Å². The van der Waals surface area contributed by atoms with Crippen molar-refractivity contribution in [1.29, 1.82) is 0 Å². The molecule has 2 aliphatic rings. The summed E-state index contributed by atoms with van der Waals surface area (Å²) in [5, 5.41) is 1.28. The molecule has 2 aromatic rings. The lowest BCUT2D eigenvalue weighted by molar-refractivity contribution is 0.193. The molecular weight excluding hydrogens is 288 g/mol. The largest absolute Gasteiger partial charge is 0.496 e. The number of methoxy groups -OCH3 is 1. The maximum atomic E-state index is 5.67. The standard InChI is InChI=1S/C19H26N2O2/c1-21-9-4-5-14(21)11-15-18-16(6-3-7-17(18)22-2)20-19(15)13-8-10-23-12-13/h3,6-7,13-14,20H,4-5,8-12H2,1-2H3/t13-,14+/m0/s1. The van der Waals surface area contributed by atoms with Gasteiger partial charge >= 0.3 is 0 Å². The highest BCUT2D eigenvalue weighted by Gasteiger charge is 2.29. The van der Waals surface area contributed by atoms with Gasteiger partial charge in [0.25, 0.3) is 0 Å². The zero-order valence-corrected chi connectivity index (χ0v) is 14.1. The highest BCUT2D eigenvalue weighted by molar-refractivity contribution is 5.91. The number of hydrogen-bond acceptors (Lipinski definition) is 3. The van der Waals surface area contributed by atoms with Crippen LogP contribution in [0.25, 0.3) is 10.9 Å². The van der Waals surface area contributed by atoms with E-state index in [1.807, 2.05) is 0 Å². The van der Waals surface area contributed by atoms with Crippen molar-refractivity contribution in [2.45, 2.75) is 37.6 Å². The molecule has 0 radical (unpaired) electrons. The fourth-order valence-corrected chi connectivity index (χ4v) is 4.27. The van der Waals surface area contributed by atoms with E-state index in [1.165, 1.54) is 41.5 Å². The minimum Gasteiger partial charge on any atom is -0.496 e. The van der Waals surface area contributed by atoms with Crippen LogP contribution in [0.3, 0.4) is 0 Å². The van der Waals surface area contributed by atoms with Crippen LogP contribution < -0.4 is 4.74 Å². The van der Waals surface area contributed by atoms with Crippen LogP contribution in [-0.4, -0.2) is 49.8 Å². The smallest absolute Gasteiger partial charge is 0.128 e. The first-order valence-corrected chi connectivity index (χ1v) is 8.73. The Morgan fingerprint density at radius 2 is 2.26 bits per heavy atom. The Hall–Kier alpha value is -1.52. The van der Waals surface area contributed by atoms with Gasteiger partial charge in [-0.15, -0.1) is 0 Å². The minimum absolute atomic E-state index is 0.494. The van der Waals surface area contributed by atoms with E-state index in [2.05, 4.69) is 35.1 Å². The Bertz CT molecular complexity index is 688. The first-order chi connectivity index (χ1) is 11.3. The van der Waals surface area contributed by atoms with Crippen LogP contribution in [0, 0.1) is 0 Å². The minimum atomic E-state index is 0.494. The van der Waals surface area contributed by atoms with E-state index in [9.17, 15) is 0 Å². The van der Waals surface area contributed by atoms with Crippen molar-refractivity contribution < 1.29 is 9.47 Å². The van der Waals surface area contributed by atoms with E-state index in [1.54, 1.807) is 7.11 Å². The summed E-state index contributed by atoms with van der Waals surface area (Å²) in [6.07, 6.45) is 4.81. The molecule has 1 aromatic carbocycles. The van der Waals surface area contributed by atoms with Crippen LogP contribution in [0.1, 0.15) is 36.4 Å². The van der Waals surface area contributed by atoms with E-state index in [-0.39, 0.29) is 0 Å². The first-order valence-electron chi connectivity index (χ1n) is 8.73.